The molecule has 0 amide bonds. The molecule has 0 fully saturated rings. The Morgan fingerprint density at radius 3 is 1.55 bits per heavy atom. The zero-order chi connectivity index (χ0) is 14.5. The van der Waals surface area contributed by atoms with Crippen molar-refractivity contribution in [2.75, 3.05) is 0 Å². The van der Waals surface area contributed by atoms with Gasteiger partial charge in [-0.15, -0.1) is 0 Å². The van der Waals surface area contributed by atoms with Gasteiger partial charge in [-0.05, 0) is 37.1 Å². The average molecular weight is 282 g/mol. The number of aryl methyl sites for hydroxylation is 2. The minimum atomic E-state index is 0.971. The summed E-state index contributed by atoms with van der Waals surface area (Å²) in [5.41, 5.74) is 7.06. The molecular weight excluding hydrogens is 268 g/mol. The SMILES string of the molecule is c1ccc2nc3c(cc2c1)-c1cc2ccccc2nc1CC3. The van der Waals surface area contributed by atoms with E-state index in [1.807, 2.05) is 12.1 Å². The molecule has 5 rings (SSSR count). The van der Waals surface area contributed by atoms with Gasteiger partial charge in [0.2, 0.25) is 0 Å². The summed E-state index contributed by atoms with van der Waals surface area (Å²) in [6.07, 6.45) is 1.94. The van der Waals surface area contributed by atoms with Crippen LogP contribution < -0.4 is 0 Å². The molecule has 0 saturated carbocycles. The number of aromatic nitrogens is 2. The van der Waals surface area contributed by atoms with Crippen molar-refractivity contribution in [3.8, 4) is 11.1 Å². The Morgan fingerprint density at radius 2 is 1.05 bits per heavy atom. The van der Waals surface area contributed by atoms with Crippen LogP contribution in [0.25, 0.3) is 32.9 Å². The lowest BCUT2D eigenvalue weighted by molar-refractivity contribution is 0.875. The summed E-state index contributed by atoms with van der Waals surface area (Å²) in [6.45, 7) is 0. The van der Waals surface area contributed by atoms with Crippen LogP contribution in [0.4, 0.5) is 0 Å². The van der Waals surface area contributed by atoms with Crippen LogP contribution in [0.5, 0.6) is 0 Å². The van der Waals surface area contributed by atoms with Crippen LogP contribution in [-0.2, 0) is 12.8 Å². The van der Waals surface area contributed by atoms with Crippen LogP contribution in [0.1, 0.15) is 11.4 Å². The molecule has 1 aliphatic rings. The smallest absolute Gasteiger partial charge is 0.0705 e. The molecule has 0 aliphatic heterocycles. The van der Waals surface area contributed by atoms with Crippen molar-refractivity contribution >= 4 is 21.8 Å². The van der Waals surface area contributed by atoms with E-state index in [9.17, 15) is 0 Å². The summed E-state index contributed by atoms with van der Waals surface area (Å²) in [5.74, 6) is 0. The molecule has 1 aliphatic carbocycles. The van der Waals surface area contributed by atoms with E-state index < -0.39 is 0 Å². The van der Waals surface area contributed by atoms with Crippen molar-refractivity contribution in [2.45, 2.75) is 12.8 Å². The fourth-order valence-electron chi connectivity index (χ4n) is 3.40. The highest BCUT2D eigenvalue weighted by atomic mass is 14.7. The van der Waals surface area contributed by atoms with Gasteiger partial charge in [0.15, 0.2) is 0 Å². The lowest BCUT2D eigenvalue weighted by atomic mass is 9.90. The maximum absolute atomic E-state index is 4.87. The van der Waals surface area contributed by atoms with Gasteiger partial charge in [0.25, 0.3) is 0 Å². The number of rotatable bonds is 0. The monoisotopic (exact) mass is 282 g/mol. The highest BCUT2D eigenvalue weighted by Gasteiger charge is 2.19. The summed E-state index contributed by atoms with van der Waals surface area (Å²) < 4.78 is 0. The van der Waals surface area contributed by atoms with Gasteiger partial charge in [0.1, 0.15) is 0 Å². The minimum Gasteiger partial charge on any atom is -0.252 e. The summed E-state index contributed by atoms with van der Waals surface area (Å²) >= 11 is 0. The summed E-state index contributed by atoms with van der Waals surface area (Å²) in [7, 11) is 0. The molecule has 22 heavy (non-hydrogen) atoms. The van der Waals surface area contributed by atoms with E-state index in [1.54, 1.807) is 0 Å². The first-order valence-electron chi connectivity index (χ1n) is 7.66. The molecule has 2 heteroatoms. The third-order valence-corrected chi connectivity index (χ3v) is 4.49. The Balaban J connectivity index is 1.84. The molecule has 0 N–H and O–H groups in total. The Hall–Kier alpha value is -2.74. The summed E-state index contributed by atoms with van der Waals surface area (Å²) in [5, 5.41) is 2.39. The van der Waals surface area contributed by atoms with Crippen molar-refractivity contribution in [1.29, 1.82) is 0 Å². The Bertz CT molecular complexity index is 949. The highest BCUT2D eigenvalue weighted by Crippen LogP contribution is 2.35. The fourth-order valence-corrected chi connectivity index (χ4v) is 3.40. The van der Waals surface area contributed by atoms with Crippen LogP contribution >= 0.6 is 0 Å². The van der Waals surface area contributed by atoms with Crippen LogP contribution in [0, 0.1) is 0 Å². The van der Waals surface area contributed by atoms with Crippen LogP contribution in [0.3, 0.4) is 0 Å². The molecule has 4 aromatic rings. The number of nitrogens with zero attached hydrogens (tertiary/aromatic N) is 2. The van der Waals surface area contributed by atoms with Crippen molar-refractivity contribution in [2.24, 2.45) is 0 Å². The second-order valence-electron chi connectivity index (χ2n) is 5.85. The van der Waals surface area contributed by atoms with E-state index in [4.69, 9.17) is 9.97 Å². The van der Waals surface area contributed by atoms with Gasteiger partial charge in [-0.25, -0.2) is 0 Å². The molecule has 0 unspecified atom stereocenters. The Morgan fingerprint density at radius 1 is 0.591 bits per heavy atom. The zero-order valence-electron chi connectivity index (χ0n) is 12.1. The molecule has 0 atom stereocenters. The highest BCUT2D eigenvalue weighted by molar-refractivity contribution is 5.90. The van der Waals surface area contributed by atoms with Gasteiger partial charge in [-0.3, -0.25) is 9.97 Å². The number of benzene rings is 2. The molecule has 0 radical (unpaired) electrons. The Kier molecular flexibility index (Phi) is 2.36. The number of pyridine rings is 2. The fraction of sp³-hybridized carbons (Fsp3) is 0.100. The van der Waals surface area contributed by atoms with Gasteiger partial charge in [0.05, 0.1) is 11.0 Å². The first kappa shape index (κ1) is 11.9. The molecule has 2 nitrogen and oxygen atoms in total. The van der Waals surface area contributed by atoms with E-state index in [0.717, 1.165) is 23.9 Å². The first-order valence-corrected chi connectivity index (χ1v) is 7.66. The number of para-hydroxylation sites is 2. The molecule has 2 aromatic carbocycles. The number of hydrogen-bond donors (Lipinski definition) is 0. The predicted octanol–water partition coefficient (Wildman–Crippen LogP) is 4.55. The van der Waals surface area contributed by atoms with Gasteiger partial charge in [0, 0.05) is 33.3 Å². The molecule has 0 saturated heterocycles. The van der Waals surface area contributed by atoms with Gasteiger partial charge >= 0.3 is 0 Å². The van der Waals surface area contributed by atoms with E-state index in [-0.39, 0.29) is 0 Å². The standard InChI is InChI=1S/C20H14N2/c1-3-7-17-13(5-1)11-15-16-12-14-6-2-4-8-18(14)22-20(16)10-9-19(15)21-17/h1-8,11-12H,9-10H2. The lowest BCUT2D eigenvalue weighted by Crippen LogP contribution is -2.08. The second-order valence-corrected chi connectivity index (χ2v) is 5.85. The zero-order valence-corrected chi connectivity index (χ0v) is 12.1. The third kappa shape index (κ3) is 1.67. The largest absolute Gasteiger partial charge is 0.252 e. The molecule has 2 aromatic heterocycles. The first-order chi connectivity index (χ1) is 10.9. The van der Waals surface area contributed by atoms with Crippen LogP contribution in [0.2, 0.25) is 0 Å². The maximum atomic E-state index is 4.87. The molecule has 2 heterocycles. The third-order valence-electron chi connectivity index (χ3n) is 4.49. The van der Waals surface area contributed by atoms with Gasteiger partial charge in [-0.1, -0.05) is 36.4 Å². The quantitative estimate of drug-likeness (QED) is 0.473. The molecule has 0 spiro atoms. The van der Waals surface area contributed by atoms with E-state index in [1.165, 1.54) is 33.3 Å². The summed E-state index contributed by atoms with van der Waals surface area (Å²) in [6, 6.07) is 21.2. The van der Waals surface area contributed by atoms with Gasteiger partial charge in [-0.2, -0.15) is 0 Å². The number of hydrogen-bond acceptors (Lipinski definition) is 2. The Labute approximate surface area is 128 Å². The molecular formula is C20H14N2. The van der Waals surface area contributed by atoms with Crippen LogP contribution in [-0.4, -0.2) is 9.97 Å². The number of fused-ring (bicyclic) bond motifs is 5. The maximum Gasteiger partial charge on any atom is 0.0705 e. The van der Waals surface area contributed by atoms with E-state index >= 15 is 0 Å². The van der Waals surface area contributed by atoms with Gasteiger partial charge < -0.3 is 0 Å². The normalized spacial score (nSPS) is 13.1. The van der Waals surface area contributed by atoms with Crippen molar-refractivity contribution in [3.63, 3.8) is 0 Å². The minimum absolute atomic E-state index is 0.971. The molecule has 104 valence electrons. The van der Waals surface area contributed by atoms with Crippen LogP contribution in [0.15, 0.2) is 60.7 Å². The lowest BCUT2D eigenvalue weighted by Gasteiger charge is -2.19. The van der Waals surface area contributed by atoms with E-state index in [0.29, 0.717) is 0 Å². The van der Waals surface area contributed by atoms with Crippen molar-refractivity contribution in [1.82, 2.24) is 9.97 Å². The average Bonchev–Trinajstić information content (AvgIpc) is 2.58. The molecule has 0 bridgehead atoms. The topological polar surface area (TPSA) is 25.8 Å². The summed E-state index contributed by atoms with van der Waals surface area (Å²) in [4.78, 5) is 9.73. The van der Waals surface area contributed by atoms with E-state index in [2.05, 4.69) is 48.5 Å². The van der Waals surface area contributed by atoms with Crippen molar-refractivity contribution in [3.05, 3.63) is 72.1 Å². The second kappa shape index (κ2) is 4.38. The van der Waals surface area contributed by atoms with Crippen molar-refractivity contribution < 1.29 is 0 Å². The predicted molar refractivity (Wildman–Crippen MR) is 89.9 cm³/mol.